The molecule has 3 aliphatic carbocycles. The number of aromatic hydroxyl groups is 1. The monoisotopic (exact) mass is 470 g/mol. The van der Waals surface area contributed by atoms with Crippen LogP contribution in [0.25, 0.3) is 0 Å². The predicted molar refractivity (Wildman–Crippen MR) is 130 cm³/mol. The highest BCUT2D eigenvalue weighted by Gasteiger charge is 2.59. The number of benzene rings is 1. The van der Waals surface area contributed by atoms with Gasteiger partial charge < -0.3 is 14.9 Å². The molecule has 3 atom stereocenters. The van der Waals surface area contributed by atoms with Crippen molar-refractivity contribution in [1.29, 1.82) is 0 Å². The highest BCUT2D eigenvalue weighted by molar-refractivity contribution is 5.92. The summed E-state index contributed by atoms with van der Waals surface area (Å²) in [6.07, 6.45) is 8.09. The fourth-order valence-corrected chi connectivity index (χ4v) is 5.87. The van der Waals surface area contributed by atoms with Crippen molar-refractivity contribution < 1.29 is 29.3 Å². The first-order chi connectivity index (χ1) is 15.9. The number of Topliss-reactive ketones (excluding diaryl/α,β-unsaturated/α-hetero) is 1. The Morgan fingerprint density at radius 2 is 1.88 bits per heavy atom. The third kappa shape index (κ3) is 5.21. The molecule has 0 aliphatic heterocycles. The lowest BCUT2D eigenvalue weighted by Gasteiger charge is -2.59. The van der Waals surface area contributed by atoms with Crippen LogP contribution >= 0.6 is 0 Å². The van der Waals surface area contributed by atoms with Crippen molar-refractivity contribution >= 4 is 17.7 Å². The van der Waals surface area contributed by atoms with Gasteiger partial charge in [0, 0.05) is 36.0 Å². The zero-order valence-electron chi connectivity index (χ0n) is 21.0. The molecule has 6 nitrogen and oxygen atoms in total. The highest BCUT2D eigenvalue weighted by Crippen LogP contribution is 2.64. The van der Waals surface area contributed by atoms with Gasteiger partial charge in [-0.2, -0.15) is 0 Å². The Morgan fingerprint density at radius 1 is 1.18 bits per heavy atom. The van der Waals surface area contributed by atoms with Crippen LogP contribution in [0.15, 0.2) is 24.3 Å². The normalized spacial score (nSPS) is 23.6. The largest absolute Gasteiger partial charge is 0.508 e. The van der Waals surface area contributed by atoms with E-state index in [1.807, 2.05) is 0 Å². The average molecular weight is 471 g/mol. The molecule has 1 aromatic carbocycles. The van der Waals surface area contributed by atoms with E-state index < -0.39 is 11.9 Å². The minimum Gasteiger partial charge on any atom is -0.508 e. The summed E-state index contributed by atoms with van der Waals surface area (Å²) >= 11 is 0. The zero-order valence-corrected chi connectivity index (χ0v) is 21.0. The van der Waals surface area contributed by atoms with E-state index in [4.69, 9.17) is 9.84 Å². The minimum atomic E-state index is -1.25. The van der Waals surface area contributed by atoms with Crippen molar-refractivity contribution in [2.75, 3.05) is 0 Å². The molecule has 34 heavy (non-hydrogen) atoms. The second-order valence-corrected chi connectivity index (χ2v) is 11.2. The molecule has 3 saturated carbocycles. The van der Waals surface area contributed by atoms with Crippen LogP contribution in [0.4, 0.5) is 0 Å². The molecule has 2 bridgehead atoms. The van der Waals surface area contributed by atoms with Crippen LogP contribution in [0.2, 0.25) is 0 Å². The van der Waals surface area contributed by atoms with E-state index in [0.29, 0.717) is 12.0 Å². The Bertz CT molecular complexity index is 987. The van der Waals surface area contributed by atoms with E-state index in [1.54, 1.807) is 12.1 Å². The van der Waals surface area contributed by atoms with Crippen LogP contribution in [0.1, 0.15) is 96.6 Å². The quantitative estimate of drug-likeness (QED) is 0.191. The summed E-state index contributed by atoms with van der Waals surface area (Å²) in [5.41, 5.74) is 0.898. The molecule has 0 radical (unpaired) electrons. The van der Waals surface area contributed by atoms with Gasteiger partial charge in [0.15, 0.2) is 0 Å². The number of phenols is 1. The second-order valence-electron chi connectivity index (χ2n) is 11.2. The Kier molecular flexibility index (Phi) is 7.59. The number of hydrogen-bond donors (Lipinski definition) is 2. The van der Waals surface area contributed by atoms with Crippen molar-refractivity contribution in [2.45, 2.75) is 90.9 Å². The van der Waals surface area contributed by atoms with Crippen LogP contribution in [-0.2, 0) is 19.8 Å². The first kappa shape index (κ1) is 26.0. The van der Waals surface area contributed by atoms with Crippen LogP contribution in [0.5, 0.6) is 11.5 Å². The topological polar surface area (TPSA) is 101 Å². The zero-order chi connectivity index (χ0) is 25.3. The highest BCUT2D eigenvalue weighted by atomic mass is 16.5. The fourth-order valence-electron chi connectivity index (χ4n) is 5.87. The van der Waals surface area contributed by atoms with Crippen molar-refractivity contribution in [3.8, 4) is 11.5 Å². The molecular weight excluding hydrogens is 432 g/mol. The molecule has 0 heterocycles. The molecule has 0 aromatic heterocycles. The first-order valence-electron chi connectivity index (χ1n) is 12.4. The molecule has 0 saturated heterocycles. The number of carboxylic acid groups (broad SMARTS) is 1. The number of esters is 1. The molecule has 2 N–H and O–H groups in total. The standard InChI is InChI=1S/C28H38O6/c1-6-7-8-9-12-27(2,3)17-13-22(30)26(23(14-17)34-25(33)11-10-24(31)32)18-15-21(29)20-16-19(18)28(20,4)5/h10-11,13-14,18-20,30H,6-9,12,15-16H2,1-5H3,(H,31,32)/b11-10+/t18-,19+,20-/m0/s1. The maximum absolute atomic E-state index is 12.8. The molecule has 0 spiro atoms. The third-order valence-electron chi connectivity index (χ3n) is 8.14. The summed E-state index contributed by atoms with van der Waals surface area (Å²) in [6, 6.07) is 3.55. The van der Waals surface area contributed by atoms with Crippen molar-refractivity contribution in [1.82, 2.24) is 0 Å². The van der Waals surface area contributed by atoms with Gasteiger partial charge in [-0.05, 0) is 47.3 Å². The minimum absolute atomic E-state index is 0.0306. The van der Waals surface area contributed by atoms with Crippen LogP contribution in [0, 0.1) is 17.3 Å². The molecule has 186 valence electrons. The number of ether oxygens (including phenoxy) is 1. The number of hydrogen-bond acceptors (Lipinski definition) is 5. The van der Waals surface area contributed by atoms with Crippen LogP contribution in [-0.4, -0.2) is 27.9 Å². The summed E-state index contributed by atoms with van der Waals surface area (Å²) in [5.74, 6) is -1.65. The van der Waals surface area contributed by atoms with Gasteiger partial charge in [0.1, 0.15) is 17.3 Å². The van der Waals surface area contributed by atoms with Crippen LogP contribution in [0.3, 0.4) is 0 Å². The lowest BCUT2D eigenvalue weighted by molar-refractivity contribution is -0.151. The van der Waals surface area contributed by atoms with E-state index >= 15 is 0 Å². The van der Waals surface area contributed by atoms with Gasteiger partial charge in [0.05, 0.1) is 0 Å². The van der Waals surface area contributed by atoms with E-state index in [-0.39, 0.29) is 45.9 Å². The Balaban J connectivity index is 2.00. The number of phenolic OH excluding ortho intramolecular Hbond substituents is 1. The van der Waals surface area contributed by atoms with Gasteiger partial charge in [0.25, 0.3) is 0 Å². The second kappa shape index (κ2) is 9.93. The SMILES string of the molecule is CCCCCCC(C)(C)c1cc(O)c([C@H]2CC(=O)[C@@H]3C[C@H]2C3(C)C)c(OC(=O)/C=C/C(=O)O)c1. The Hall–Kier alpha value is -2.63. The number of ketones is 1. The molecule has 4 rings (SSSR count). The number of carboxylic acids is 1. The van der Waals surface area contributed by atoms with Gasteiger partial charge in [0.2, 0.25) is 0 Å². The van der Waals surface area contributed by atoms with Crippen molar-refractivity contribution in [3.05, 3.63) is 35.4 Å². The van der Waals surface area contributed by atoms with Gasteiger partial charge in [-0.15, -0.1) is 0 Å². The summed E-state index contributed by atoms with van der Waals surface area (Å²) in [7, 11) is 0. The summed E-state index contributed by atoms with van der Waals surface area (Å²) in [4.78, 5) is 36.1. The van der Waals surface area contributed by atoms with E-state index in [0.717, 1.165) is 49.8 Å². The molecule has 1 aromatic rings. The van der Waals surface area contributed by atoms with Crippen LogP contribution < -0.4 is 4.74 Å². The maximum atomic E-state index is 12.8. The fraction of sp³-hybridized carbons (Fsp3) is 0.607. The predicted octanol–water partition coefficient (Wildman–Crippen LogP) is 5.91. The van der Waals surface area contributed by atoms with Gasteiger partial charge in [-0.25, -0.2) is 9.59 Å². The first-order valence-corrected chi connectivity index (χ1v) is 12.4. The lowest BCUT2D eigenvalue weighted by Crippen LogP contribution is -2.56. The number of aliphatic carboxylic acids is 1. The van der Waals surface area contributed by atoms with Crippen molar-refractivity contribution in [2.24, 2.45) is 17.3 Å². The number of fused-ring (bicyclic) bond motifs is 2. The summed E-state index contributed by atoms with van der Waals surface area (Å²) < 4.78 is 5.62. The Morgan fingerprint density at radius 3 is 2.47 bits per heavy atom. The molecule has 0 amide bonds. The van der Waals surface area contributed by atoms with Gasteiger partial charge in [-0.3, -0.25) is 4.79 Å². The van der Waals surface area contributed by atoms with E-state index in [1.165, 1.54) is 6.42 Å². The molecule has 0 unspecified atom stereocenters. The number of carbonyl (C=O) groups is 3. The van der Waals surface area contributed by atoms with E-state index in [9.17, 15) is 19.5 Å². The molecule has 3 aliphatic rings. The Labute approximate surface area is 202 Å². The molecule has 3 fully saturated rings. The third-order valence-corrected chi connectivity index (χ3v) is 8.14. The summed E-state index contributed by atoms with van der Waals surface area (Å²) in [6.45, 7) is 10.5. The molecule has 6 heteroatoms. The number of unbranched alkanes of at least 4 members (excludes halogenated alkanes) is 3. The number of rotatable bonds is 10. The van der Waals surface area contributed by atoms with Gasteiger partial charge in [-0.1, -0.05) is 60.3 Å². The van der Waals surface area contributed by atoms with E-state index in [2.05, 4.69) is 34.6 Å². The summed E-state index contributed by atoms with van der Waals surface area (Å²) in [5, 5.41) is 20.1. The maximum Gasteiger partial charge on any atom is 0.336 e. The molecular formula is C28H38O6. The van der Waals surface area contributed by atoms with Gasteiger partial charge >= 0.3 is 11.9 Å². The lowest BCUT2D eigenvalue weighted by atomic mass is 9.44. The number of carbonyl (C=O) groups excluding carboxylic acids is 2. The average Bonchev–Trinajstić information content (AvgIpc) is 2.74. The van der Waals surface area contributed by atoms with Crippen molar-refractivity contribution in [3.63, 3.8) is 0 Å². The smallest absolute Gasteiger partial charge is 0.336 e.